The molecule has 0 saturated carbocycles. The predicted molar refractivity (Wildman–Crippen MR) is 303 cm³/mol. The molecule has 6 atom stereocenters. The summed E-state index contributed by atoms with van der Waals surface area (Å²) in [6.07, 6.45) is 50.5. The third-order valence-electron chi connectivity index (χ3n) is 13.6. The molecule has 1 aliphatic heterocycles. The molecule has 12 nitrogen and oxygen atoms in total. The van der Waals surface area contributed by atoms with E-state index in [0.29, 0.717) is 19.3 Å². The summed E-state index contributed by atoms with van der Waals surface area (Å²) in [6, 6.07) is 0. The Kier molecular flexibility index (Phi) is 47.4. The number of aliphatic hydroxyl groups is 2. The van der Waals surface area contributed by atoms with Gasteiger partial charge in [-0.25, -0.2) is 4.79 Å². The van der Waals surface area contributed by atoms with Gasteiger partial charge in [0.2, 0.25) is 0 Å². The van der Waals surface area contributed by atoms with Crippen molar-refractivity contribution in [3.8, 4) is 0 Å². The van der Waals surface area contributed by atoms with Gasteiger partial charge in [0.25, 0.3) is 0 Å². The number of carbonyl (C=O) groups excluding carboxylic acids is 3. The van der Waals surface area contributed by atoms with Crippen LogP contribution in [-0.4, -0.2) is 89.2 Å². The highest BCUT2D eigenvalue weighted by Crippen LogP contribution is 2.26. The minimum absolute atomic E-state index is 0.0255. The van der Waals surface area contributed by atoms with Crippen LogP contribution < -0.4 is 0 Å². The van der Waals surface area contributed by atoms with Gasteiger partial charge in [-0.3, -0.25) is 14.4 Å². The Morgan fingerprint density at radius 1 is 0.453 bits per heavy atom. The van der Waals surface area contributed by atoms with E-state index in [1.165, 1.54) is 116 Å². The van der Waals surface area contributed by atoms with Crippen LogP contribution in [-0.2, 0) is 42.9 Å². The second-order valence-corrected chi connectivity index (χ2v) is 20.6. The number of carbonyl (C=O) groups is 4. The Hall–Kier alpha value is -3.58. The average Bonchev–Trinajstić information content (AvgIpc) is 3.39. The topological polar surface area (TPSA) is 175 Å². The second kappa shape index (κ2) is 51.2. The number of esters is 3. The molecule has 432 valence electrons. The number of aliphatic hydroxyl groups excluding tert-OH is 2. The number of aliphatic carboxylic acids is 1. The molecule has 0 aromatic carbocycles. The van der Waals surface area contributed by atoms with Gasteiger partial charge in [-0.2, -0.15) is 0 Å². The highest BCUT2D eigenvalue weighted by Gasteiger charge is 2.50. The molecule has 0 bridgehead atoms. The van der Waals surface area contributed by atoms with E-state index in [9.17, 15) is 34.5 Å². The van der Waals surface area contributed by atoms with Crippen LogP contribution >= 0.6 is 0 Å². The van der Waals surface area contributed by atoms with Gasteiger partial charge in [0.15, 0.2) is 24.6 Å². The third kappa shape index (κ3) is 41.2. The van der Waals surface area contributed by atoms with Gasteiger partial charge in [-0.05, 0) is 83.5 Å². The van der Waals surface area contributed by atoms with E-state index in [-0.39, 0.29) is 25.9 Å². The normalized spacial score (nSPS) is 18.5. The van der Waals surface area contributed by atoms with Crippen LogP contribution in [0.4, 0.5) is 0 Å². The second-order valence-electron chi connectivity index (χ2n) is 20.6. The largest absolute Gasteiger partial charge is 0.479 e. The number of rotatable bonds is 51. The fourth-order valence-corrected chi connectivity index (χ4v) is 8.94. The SMILES string of the molecule is CC/C=C\C/C=C\C/C=C\CCCCCC(=O)OC1C(OCC(COC(=O)CCCCCCCCCCC/C=C\C/C=C\CCCCC)OC(=O)CCCCCCCCCCCCCCC)OC(C(=O)O)C(O)C1O. The number of hydrogen-bond donors (Lipinski definition) is 3. The minimum atomic E-state index is -1.91. The molecule has 0 aromatic rings. The summed E-state index contributed by atoms with van der Waals surface area (Å²) in [5, 5.41) is 31.5. The number of unbranched alkanes of at least 4 members (excludes halogenated alkanes) is 27. The molecule has 0 radical (unpaired) electrons. The van der Waals surface area contributed by atoms with E-state index in [0.717, 1.165) is 89.9 Å². The summed E-state index contributed by atoms with van der Waals surface area (Å²) in [4.78, 5) is 51.1. The van der Waals surface area contributed by atoms with Crippen molar-refractivity contribution in [1.82, 2.24) is 0 Å². The molecule has 12 heteroatoms. The monoisotopic (exact) mass is 1060 g/mol. The van der Waals surface area contributed by atoms with E-state index in [1.54, 1.807) is 0 Å². The van der Waals surface area contributed by atoms with Crippen molar-refractivity contribution < 1.29 is 58.2 Å². The van der Waals surface area contributed by atoms with Gasteiger partial charge in [0, 0.05) is 19.3 Å². The molecule has 1 rings (SSSR count). The minimum Gasteiger partial charge on any atom is -0.479 e. The summed E-state index contributed by atoms with van der Waals surface area (Å²) in [5.74, 6) is -3.15. The quantitative estimate of drug-likeness (QED) is 0.0228. The Balaban J connectivity index is 2.67. The summed E-state index contributed by atoms with van der Waals surface area (Å²) in [7, 11) is 0. The van der Waals surface area contributed by atoms with E-state index in [1.807, 2.05) is 0 Å². The average molecular weight is 1060 g/mol. The molecule has 0 spiro atoms. The van der Waals surface area contributed by atoms with Crippen molar-refractivity contribution in [2.24, 2.45) is 0 Å². The van der Waals surface area contributed by atoms with Gasteiger partial charge in [0.1, 0.15) is 18.8 Å². The Morgan fingerprint density at radius 2 is 0.840 bits per heavy atom. The standard InChI is InChI=1S/C63H108O12/c1-4-7-10-13-16-19-22-25-26-27-28-29-30-33-34-37-40-43-46-49-55(64)71-52-54(73-56(65)50-47-44-41-38-35-31-23-20-17-14-11-8-5-2)53-72-63-61(59(68)58(67)60(75-63)62(69)70)74-57(66)51-48-45-42-39-36-32-24-21-18-15-12-9-6-3/h9,12,16,18-19,21,25-26,32,36,54,58-61,63,67-68H,4-8,10-11,13-15,17,20,22-24,27-31,33-35,37-53H2,1-3H3,(H,69,70)/b12-9-,19-16-,21-18-,26-25-,36-32-. The first-order valence-corrected chi connectivity index (χ1v) is 30.3. The lowest BCUT2D eigenvalue weighted by Crippen LogP contribution is -2.61. The van der Waals surface area contributed by atoms with Crippen LogP contribution in [0.15, 0.2) is 60.8 Å². The molecule has 3 N–H and O–H groups in total. The molecule has 75 heavy (non-hydrogen) atoms. The number of carboxylic acids is 1. The summed E-state index contributed by atoms with van der Waals surface area (Å²) in [6.45, 7) is 5.85. The van der Waals surface area contributed by atoms with Crippen molar-refractivity contribution in [2.45, 2.75) is 302 Å². The van der Waals surface area contributed by atoms with Crippen molar-refractivity contribution >= 4 is 23.9 Å². The Morgan fingerprint density at radius 3 is 1.32 bits per heavy atom. The van der Waals surface area contributed by atoms with Gasteiger partial charge >= 0.3 is 23.9 Å². The van der Waals surface area contributed by atoms with Gasteiger partial charge in [0.05, 0.1) is 6.61 Å². The molecule has 1 aliphatic rings. The number of allylic oxidation sites excluding steroid dienone is 10. The van der Waals surface area contributed by atoms with Gasteiger partial charge < -0.3 is 39.0 Å². The van der Waals surface area contributed by atoms with E-state index >= 15 is 0 Å². The lowest BCUT2D eigenvalue weighted by molar-refractivity contribution is -0.301. The molecule has 6 unspecified atom stereocenters. The first-order chi connectivity index (χ1) is 36.6. The zero-order chi connectivity index (χ0) is 54.7. The zero-order valence-electron chi connectivity index (χ0n) is 47.5. The van der Waals surface area contributed by atoms with Crippen LogP contribution in [0.25, 0.3) is 0 Å². The smallest absolute Gasteiger partial charge is 0.335 e. The number of hydrogen-bond acceptors (Lipinski definition) is 11. The van der Waals surface area contributed by atoms with Crippen molar-refractivity contribution in [1.29, 1.82) is 0 Å². The highest BCUT2D eigenvalue weighted by molar-refractivity contribution is 5.74. The van der Waals surface area contributed by atoms with Crippen molar-refractivity contribution in [2.75, 3.05) is 13.2 Å². The molecular weight excluding hydrogens is 949 g/mol. The molecule has 0 amide bonds. The van der Waals surface area contributed by atoms with Crippen molar-refractivity contribution in [3.63, 3.8) is 0 Å². The Labute approximate surface area is 456 Å². The van der Waals surface area contributed by atoms with Crippen LogP contribution in [0.5, 0.6) is 0 Å². The predicted octanol–water partition coefficient (Wildman–Crippen LogP) is 15.6. The van der Waals surface area contributed by atoms with Gasteiger partial charge in [-0.1, -0.05) is 223 Å². The molecule has 0 aromatic heterocycles. The van der Waals surface area contributed by atoms with Gasteiger partial charge in [-0.15, -0.1) is 0 Å². The summed E-state index contributed by atoms with van der Waals surface area (Å²) < 4.78 is 28.4. The maximum Gasteiger partial charge on any atom is 0.335 e. The van der Waals surface area contributed by atoms with E-state index in [2.05, 4.69) is 81.5 Å². The number of carboxylic acid groups (broad SMARTS) is 1. The highest BCUT2D eigenvalue weighted by atomic mass is 16.7. The lowest BCUT2D eigenvalue weighted by Gasteiger charge is -2.40. The maximum atomic E-state index is 13.1. The third-order valence-corrected chi connectivity index (χ3v) is 13.6. The molecule has 0 aliphatic carbocycles. The number of ether oxygens (including phenoxy) is 5. The first-order valence-electron chi connectivity index (χ1n) is 30.3. The van der Waals surface area contributed by atoms with E-state index < -0.39 is 67.3 Å². The lowest BCUT2D eigenvalue weighted by atomic mass is 9.98. The zero-order valence-corrected chi connectivity index (χ0v) is 47.5. The van der Waals surface area contributed by atoms with Crippen LogP contribution in [0, 0.1) is 0 Å². The molecule has 1 heterocycles. The van der Waals surface area contributed by atoms with Crippen LogP contribution in [0.2, 0.25) is 0 Å². The van der Waals surface area contributed by atoms with Crippen LogP contribution in [0.3, 0.4) is 0 Å². The molecular formula is C63H108O12. The first kappa shape index (κ1) is 69.4. The van der Waals surface area contributed by atoms with E-state index in [4.69, 9.17) is 23.7 Å². The van der Waals surface area contributed by atoms with Crippen LogP contribution in [0.1, 0.15) is 265 Å². The molecule has 1 saturated heterocycles. The fourth-order valence-electron chi connectivity index (χ4n) is 8.94. The summed E-state index contributed by atoms with van der Waals surface area (Å²) >= 11 is 0. The maximum absolute atomic E-state index is 13.1. The summed E-state index contributed by atoms with van der Waals surface area (Å²) in [5.41, 5.74) is 0. The fraction of sp³-hybridized carbons (Fsp3) is 0.778. The molecule has 1 fully saturated rings. The van der Waals surface area contributed by atoms with Crippen molar-refractivity contribution in [3.05, 3.63) is 60.8 Å². The Bertz CT molecular complexity index is 1540.